The van der Waals surface area contributed by atoms with Crippen molar-refractivity contribution in [3.63, 3.8) is 0 Å². The topological polar surface area (TPSA) is 30.7 Å². The molecule has 4 heterocycles. The molecule has 0 radical (unpaired) electrons. The molecule has 0 aliphatic carbocycles. The third-order valence-electron chi connectivity index (χ3n) is 10.7. The van der Waals surface area contributed by atoms with E-state index < -0.39 is 13.3 Å². The van der Waals surface area contributed by atoms with Crippen LogP contribution >= 0.6 is 11.3 Å². The van der Waals surface area contributed by atoms with Crippen molar-refractivity contribution in [1.29, 1.82) is 0 Å². The molecule has 1 aliphatic heterocycles. The maximum atomic E-state index is 5.86. The summed E-state index contributed by atoms with van der Waals surface area (Å²) < 4.78 is 10.3. The molecule has 0 amide bonds. The molecule has 7 aromatic carbocycles. The van der Waals surface area contributed by atoms with Crippen LogP contribution < -0.4 is 17.7 Å². The van der Waals surface area contributed by atoms with Crippen molar-refractivity contribution in [2.24, 2.45) is 0 Å². The van der Waals surface area contributed by atoms with E-state index in [9.17, 15) is 0 Å². The zero-order valence-corrected chi connectivity index (χ0v) is 30.4. The number of aromatic nitrogens is 3. The Morgan fingerprint density at radius 3 is 1.88 bits per heavy atom. The molecule has 11 rings (SSSR count). The van der Waals surface area contributed by atoms with Crippen LogP contribution in [0.4, 0.5) is 0 Å². The van der Waals surface area contributed by atoms with Crippen LogP contribution in [0.5, 0.6) is 0 Å². The van der Waals surface area contributed by atoms with E-state index in [-0.39, 0.29) is 0 Å². The first-order valence-corrected chi connectivity index (χ1v) is 22.4. The number of rotatable bonds is 4. The van der Waals surface area contributed by atoms with Gasteiger partial charge in [-0.05, 0) is 0 Å². The molecule has 0 atom stereocenters. The van der Waals surface area contributed by atoms with Crippen molar-refractivity contribution < 1.29 is 0 Å². The molecule has 5 heteroatoms. The molecule has 10 aromatic rings. The number of thiophene rings is 1. The Bertz CT molecular complexity index is 2930. The quantitative estimate of drug-likeness (QED) is 0.170. The van der Waals surface area contributed by atoms with Crippen LogP contribution in [0.3, 0.4) is 0 Å². The van der Waals surface area contributed by atoms with Crippen LogP contribution in [0.25, 0.3) is 70.3 Å². The van der Waals surface area contributed by atoms with Crippen LogP contribution in [-0.4, -0.2) is 27.8 Å². The Hall–Kier alpha value is -5.82. The molecular formula is C46H29GeN3S. The van der Waals surface area contributed by atoms with Crippen LogP contribution in [0.2, 0.25) is 0 Å². The van der Waals surface area contributed by atoms with E-state index in [1.807, 2.05) is 11.3 Å². The van der Waals surface area contributed by atoms with Gasteiger partial charge >= 0.3 is 303 Å². The zero-order chi connectivity index (χ0) is 33.5. The number of benzene rings is 7. The molecule has 3 nitrogen and oxygen atoms in total. The molecule has 0 spiro atoms. The second-order valence-electron chi connectivity index (χ2n) is 13.3. The summed E-state index contributed by atoms with van der Waals surface area (Å²) in [6.45, 7) is 0. The number of fused-ring (bicyclic) bond motifs is 10. The van der Waals surface area contributed by atoms with Gasteiger partial charge < -0.3 is 0 Å². The standard InChI is InChI=1S/C46H29GeN3S/c1-4-16-30(17-5-1)43-42-35-23-10-13-25-37(35)47(31-18-6-2-7-19-31,32-20-8-3-9-21-32)45(42)49-46(48-43)50-38-26-14-11-24-36(38)41-39(50)29-28-34-33-22-12-15-27-40(33)51-44(34)41/h1-29H. The SMILES string of the molecule is c1ccc(-c2nc(-n3c4ccccc4c4c5sc6ccccc6c5ccc43)n[c]3c2-c2cccc[c]2[Ge]3([c]2ccccc2)[c]2ccccc2)cc1. The summed E-state index contributed by atoms with van der Waals surface area (Å²) in [6, 6.07) is 64.2. The summed E-state index contributed by atoms with van der Waals surface area (Å²) in [5.41, 5.74) is 6.74. The predicted octanol–water partition coefficient (Wildman–Crippen LogP) is 8.97. The normalized spacial score (nSPS) is 13.3. The number of hydrogen-bond acceptors (Lipinski definition) is 3. The molecule has 51 heavy (non-hydrogen) atoms. The van der Waals surface area contributed by atoms with Gasteiger partial charge in [0.25, 0.3) is 0 Å². The maximum absolute atomic E-state index is 5.86. The Morgan fingerprint density at radius 1 is 0.490 bits per heavy atom. The second kappa shape index (κ2) is 11.1. The van der Waals surface area contributed by atoms with Gasteiger partial charge in [0.15, 0.2) is 0 Å². The first-order chi connectivity index (χ1) is 25.3. The fourth-order valence-electron chi connectivity index (χ4n) is 8.61. The molecule has 0 bridgehead atoms. The number of para-hydroxylation sites is 1. The van der Waals surface area contributed by atoms with Crippen molar-refractivity contribution in [1.82, 2.24) is 14.5 Å². The van der Waals surface area contributed by atoms with Crippen molar-refractivity contribution in [2.45, 2.75) is 0 Å². The fourth-order valence-corrected chi connectivity index (χ4v) is 20.4. The first kappa shape index (κ1) is 29.0. The molecule has 0 fully saturated rings. The van der Waals surface area contributed by atoms with Gasteiger partial charge in [-0.2, -0.15) is 0 Å². The minimum atomic E-state index is -3.68. The third kappa shape index (κ3) is 4.00. The molecule has 238 valence electrons. The Labute approximate surface area is 301 Å². The molecule has 0 saturated heterocycles. The summed E-state index contributed by atoms with van der Waals surface area (Å²) in [5.74, 6) is 0.717. The van der Waals surface area contributed by atoms with Gasteiger partial charge in [0, 0.05) is 0 Å². The minimum absolute atomic E-state index is 0.717. The van der Waals surface area contributed by atoms with Gasteiger partial charge in [-0.3, -0.25) is 0 Å². The van der Waals surface area contributed by atoms with E-state index in [1.165, 1.54) is 59.8 Å². The van der Waals surface area contributed by atoms with Gasteiger partial charge in [0.1, 0.15) is 0 Å². The average Bonchev–Trinajstić information content (AvgIpc) is 3.85. The number of nitrogens with zero attached hydrogens (tertiary/aromatic N) is 3. The molecule has 0 saturated carbocycles. The summed E-state index contributed by atoms with van der Waals surface area (Å²) >= 11 is -1.80. The predicted molar refractivity (Wildman–Crippen MR) is 217 cm³/mol. The Balaban J connectivity index is 1.32. The van der Waals surface area contributed by atoms with Crippen molar-refractivity contribution in [3.05, 3.63) is 176 Å². The van der Waals surface area contributed by atoms with Crippen LogP contribution in [0, 0.1) is 0 Å². The number of hydrogen-bond donors (Lipinski definition) is 0. The summed E-state index contributed by atoms with van der Waals surface area (Å²) in [5, 5.41) is 5.08. The van der Waals surface area contributed by atoms with Gasteiger partial charge in [-0.15, -0.1) is 0 Å². The zero-order valence-electron chi connectivity index (χ0n) is 27.5. The monoisotopic (exact) mass is 729 g/mol. The molecule has 0 N–H and O–H groups in total. The van der Waals surface area contributed by atoms with Crippen LogP contribution in [0.1, 0.15) is 0 Å². The first-order valence-electron chi connectivity index (χ1n) is 17.3. The van der Waals surface area contributed by atoms with Crippen molar-refractivity contribution in [2.75, 3.05) is 0 Å². The van der Waals surface area contributed by atoms with Crippen molar-refractivity contribution >= 4 is 84.3 Å². The average molecular weight is 728 g/mol. The van der Waals surface area contributed by atoms with E-state index in [2.05, 4.69) is 180 Å². The van der Waals surface area contributed by atoms with E-state index >= 15 is 0 Å². The summed E-state index contributed by atoms with van der Waals surface area (Å²) in [4.78, 5) is 11.5. The summed E-state index contributed by atoms with van der Waals surface area (Å²) in [7, 11) is 0. The van der Waals surface area contributed by atoms with E-state index in [0.29, 0.717) is 5.95 Å². The molecule has 3 aromatic heterocycles. The summed E-state index contributed by atoms with van der Waals surface area (Å²) in [6.07, 6.45) is 0. The second-order valence-corrected chi connectivity index (χ2v) is 22.0. The Kier molecular flexibility index (Phi) is 6.30. The van der Waals surface area contributed by atoms with E-state index in [0.717, 1.165) is 22.3 Å². The van der Waals surface area contributed by atoms with Crippen LogP contribution in [-0.2, 0) is 0 Å². The van der Waals surface area contributed by atoms with Gasteiger partial charge in [-0.1, -0.05) is 0 Å². The Morgan fingerprint density at radius 2 is 1.12 bits per heavy atom. The molecule has 0 unspecified atom stereocenters. The van der Waals surface area contributed by atoms with Crippen LogP contribution in [0.15, 0.2) is 176 Å². The van der Waals surface area contributed by atoms with Gasteiger partial charge in [0.05, 0.1) is 0 Å². The molecular weight excluding hydrogens is 699 g/mol. The van der Waals surface area contributed by atoms with Gasteiger partial charge in [-0.25, -0.2) is 0 Å². The third-order valence-corrected chi connectivity index (χ3v) is 21.8. The van der Waals surface area contributed by atoms with Crippen molar-refractivity contribution in [3.8, 4) is 28.3 Å². The fraction of sp³-hybridized carbons (Fsp3) is 0. The van der Waals surface area contributed by atoms with Gasteiger partial charge in [0.2, 0.25) is 0 Å². The van der Waals surface area contributed by atoms with E-state index in [1.54, 1.807) is 0 Å². The van der Waals surface area contributed by atoms with E-state index in [4.69, 9.17) is 9.97 Å². The molecule has 1 aliphatic rings.